The van der Waals surface area contributed by atoms with Crippen LogP contribution in [-0.4, -0.2) is 80.2 Å². The Kier molecular flexibility index (Phi) is 6.56. The van der Waals surface area contributed by atoms with Crippen molar-refractivity contribution in [3.8, 4) is 17.2 Å². The number of nitrogens with one attached hydrogen (secondary N) is 1. The Labute approximate surface area is 229 Å². The first-order valence-electron chi connectivity index (χ1n) is 12.6. The normalized spacial score (nSPS) is 13.3. The molecule has 40 heavy (non-hydrogen) atoms. The standard InChI is InChI=1S/C28H27N8O4/c1-18-14-19(4-7-23(18)40-20-8-9-36-24(15-20)30-17-32-36)33-27-25-21(29-16-31-27)5-6-22(26(25)38-2)34-10-12-35(13-11-34)28(37)39-3/h4-10,14-17H,11-13H2,1-3H3,(H,29,31,33)/q+1. The minimum atomic E-state index is -0.343. The van der Waals surface area contributed by atoms with Gasteiger partial charge in [-0.1, -0.05) is 0 Å². The Balaban J connectivity index is 1.29. The number of fused-ring (bicyclic) bond motifs is 2. The number of benzene rings is 2. The topological polar surface area (TPSA) is 119 Å². The van der Waals surface area contributed by atoms with E-state index in [1.54, 1.807) is 16.5 Å². The van der Waals surface area contributed by atoms with Crippen LogP contribution >= 0.6 is 0 Å². The first-order valence-corrected chi connectivity index (χ1v) is 12.6. The molecule has 4 heterocycles. The van der Waals surface area contributed by atoms with Gasteiger partial charge in [-0.05, 0) is 42.8 Å². The molecule has 0 saturated carbocycles. The second-order valence-corrected chi connectivity index (χ2v) is 9.16. The minimum Gasteiger partial charge on any atom is -0.490 e. The molecule has 0 unspecified atom stereocenters. The SMILES string of the molecule is COC(=O)N1CC=[N+](c2ccc3ncnc(Nc4ccc(Oc5ccn6ncnc6c5)c(C)c4)c3c2OC)CC1. The lowest BCUT2D eigenvalue weighted by Crippen LogP contribution is -2.41. The lowest BCUT2D eigenvalue weighted by atomic mass is 10.1. The van der Waals surface area contributed by atoms with E-state index < -0.39 is 0 Å². The van der Waals surface area contributed by atoms with Crippen LogP contribution < -0.4 is 14.8 Å². The summed E-state index contributed by atoms with van der Waals surface area (Å²) >= 11 is 0. The number of hydrogen-bond donors (Lipinski definition) is 1. The predicted octanol–water partition coefficient (Wildman–Crippen LogP) is 4.32. The number of carbonyl (C=O) groups is 1. The van der Waals surface area contributed by atoms with Gasteiger partial charge in [-0.15, -0.1) is 0 Å². The van der Waals surface area contributed by atoms with Gasteiger partial charge in [0.05, 0.1) is 31.7 Å². The van der Waals surface area contributed by atoms with Gasteiger partial charge in [0.15, 0.2) is 18.4 Å². The second kappa shape index (κ2) is 10.5. The van der Waals surface area contributed by atoms with Crippen LogP contribution in [0.3, 0.4) is 0 Å². The summed E-state index contributed by atoms with van der Waals surface area (Å²) in [5.41, 5.74) is 4.09. The van der Waals surface area contributed by atoms with Crippen molar-refractivity contribution >= 4 is 46.1 Å². The van der Waals surface area contributed by atoms with Crippen LogP contribution in [0.25, 0.3) is 16.6 Å². The first kappa shape index (κ1) is 25.0. The highest BCUT2D eigenvalue weighted by Gasteiger charge is 2.27. The van der Waals surface area contributed by atoms with Crippen LogP contribution in [0.2, 0.25) is 0 Å². The van der Waals surface area contributed by atoms with Gasteiger partial charge in [0.25, 0.3) is 0 Å². The number of carbonyl (C=O) groups excluding carboxylic acids is 1. The summed E-state index contributed by atoms with van der Waals surface area (Å²) in [4.78, 5) is 26.8. The highest BCUT2D eigenvalue weighted by molar-refractivity contribution is 5.98. The molecule has 0 atom stereocenters. The molecule has 1 aliphatic rings. The number of amides is 1. The molecule has 12 heteroatoms. The van der Waals surface area contributed by atoms with Crippen molar-refractivity contribution < 1.29 is 23.6 Å². The average Bonchev–Trinajstić information content (AvgIpc) is 3.46. The van der Waals surface area contributed by atoms with Crippen LogP contribution in [0.15, 0.2) is 61.3 Å². The van der Waals surface area contributed by atoms with E-state index in [4.69, 9.17) is 14.2 Å². The number of methoxy groups -OCH3 is 2. The van der Waals surface area contributed by atoms with Crippen LogP contribution in [0.4, 0.5) is 22.0 Å². The number of ether oxygens (including phenoxy) is 3. The number of rotatable bonds is 6. The van der Waals surface area contributed by atoms with Crippen molar-refractivity contribution in [1.82, 2.24) is 29.5 Å². The Hall–Kier alpha value is -5.26. The van der Waals surface area contributed by atoms with E-state index in [0.29, 0.717) is 42.6 Å². The molecule has 1 amide bonds. The molecule has 1 N–H and O–H groups in total. The number of anilines is 2. The Bertz CT molecular complexity index is 1770. The number of pyridine rings is 1. The van der Waals surface area contributed by atoms with Gasteiger partial charge in [0.2, 0.25) is 11.4 Å². The maximum atomic E-state index is 11.9. The largest absolute Gasteiger partial charge is 0.490 e. The molecule has 5 aromatic rings. The molecule has 0 radical (unpaired) electrons. The number of nitrogens with zero attached hydrogens (tertiary/aromatic N) is 7. The maximum Gasteiger partial charge on any atom is 0.410 e. The van der Waals surface area contributed by atoms with Crippen LogP contribution in [0.1, 0.15) is 5.56 Å². The summed E-state index contributed by atoms with van der Waals surface area (Å²) in [5.74, 6) is 2.65. The zero-order chi connectivity index (χ0) is 27.6. The molecular formula is C28H27N8O4+. The van der Waals surface area contributed by atoms with Crippen molar-refractivity contribution in [2.24, 2.45) is 0 Å². The predicted molar refractivity (Wildman–Crippen MR) is 148 cm³/mol. The van der Waals surface area contributed by atoms with Gasteiger partial charge in [0.1, 0.15) is 36.5 Å². The van der Waals surface area contributed by atoms with Gasteiger partial charge < -0.3 is 19.5 Å². The molecule has 0 saturated heterocycles. The Morgan fingerprint density at radius 2 is 1.95 bits per heavy atom. The van der Waals surface area contributed by atoms with Gasteiger partial charge >= 0.3 is 6.09 Å². The molecule has 3 aromatic heterocycles. The third kappa shape index (κ3) is 4.70. The summed E-state index contributed by atoms with van der Waals surface area (Å²) < 4.78 is 20.6. The van der Waals surface area contributed by atoms with Crippen molar-refractivity contribution in [3.05, 3.63) is 66.9 Å². The maximum absolute atomic E-state index is 11.9. The molecule has 2 aromatic carbocycles. The molecule has 0 aliphatic carbocycles. The van der Waals surface area contributed by atoms with Crippen molar-refractivity contribution in [1.29, 1.82) is 0 Å². The van der Waals surface area contributed by atoms with Gasteiger partial charge in [-0.2, -0.15) is 9.67 Å². The number of aryl methyl sites for hydroxylation is 1. The third-order valence-corrected chi connectivity index (χ3v) is 6.73. The van der Waals surface area contributed by atoms with Crippen molar-refractivity contribution in [2.75, 3.05) is 39.2 Å². The third-order valence-electron chi connectivity index (χ3n) is 6.73. The van der Waals surface area contributed by atoms with Gasteiger partial charge in [0, 0.05) is 24.0 Å². The van der Waals surface area contributed by atoms with E-state index in [1.165, 1.54) is 19.8 Å². The Morgan fingerprint density at radius 1 is 1.05 bits per heavy atom. The quantitative estimate of drug-likeness (QED) is 0.315. The summed E-state index contributed by atoms with van der Waals surface area (Å²) in [5, 5.41) is 8.30. The van der Waals surface area contributed by atoms with E-state index in [9.17, 15) is 4.79 Å². The van der Waals surface area contributed by atoms with Gasteiger partial charge in [-0.3, -0.25) is 4.90 Å². The highest BCUT2D eigenvalue weighted by atomic mass is 16.5. The number of hydrogen-bond acceptors (Lipinski definition) is 9. The van der Waals surface area contributed by atoms with E-state index in [0.717, 1.165) is 33.6 Å². The Morgan fingerprint density at radius 3 is 2.73 bits per heavy atom. The molecule has 1 aliphatic heterocycles. The fourth-order valence-electron chi connectivity index (χ4n) is 4.73. The fraction of sp³-hybridized carbons (Fsp3) is 0.214. The molecule has 0 fully saturated rings. The summed E-state index contributed by atoms with van der Waals surface area (Å²) in [7, 11) is 3.02. The monoisotopic (exact) mass is 539 g/mol. The molecular weight excluding hydrogens is 512 g/mol. The molecule has 6 rings (SSSR count). The van der Waals surface area contributed by atoms with Gasteiger partial charge in [-0.25, -0.2) is 24.3 Å². The molecule has 12 nitrogen and oxygen atoms in total. The van der Waals surface area contributed by atoms with E-state index in [2.05, 4.69) is 29.9 Å². The van der Waals surface area contributed by atoms with Crippen LogP contribution in [-0.2, 0) is 4.74 Å². The summed E-state index contributed by atoms with van der Waals surface area (Å²) in [6, 6.07) is 13.4. The lowest BCUT2D eigenvalue weighted by molar-refractivity contribution is -0.442. The zero-order valence-corrected chi connectivity index (χ0v) is 22.2. The lowest BCUT2D eigenvalue weighted by Gasteiger charge is -2.22. The second-order valence-electron chi connectivity index (χ2n) is 9.16. The smallest absolute Gasteiger partial charge is 0.410 e. The molecule has 0 bridgehead atoms. The van der Waals surface area contributed by atoms with Crippen molar-refractivity contribution in [2.45, 2.75) is 6.92 Å². The fourth-order valence-corrected chi connectivity index (χ4v) is 4.73. The highest BCUT2D eigenvalue weighted by Crippen LogP contribution is 2.39. The average molecular weight is 540 g/mol. The van der Waals surface area contributed by atoms with E-state index >= 15 is 0 Å². The zero-order valence-electron chi connectivity index (χ0n) is 22.2. The van der Waals surface area contributed by atoms with Crippen LogP contribution in [0, 0.1) is 6.92 Å². The summed E-state index contributed by atoms with van der Waals surface area (Å²) in [6.45, 7) is 3.54. The van der Waals surface area contributed by atoms with Crippen LogP contribution in [0.5, 0.6) is 17.2 Å². The minimum absolute atomic E-state index is 0.343. The molecule has 0 spiro atoms. The molecule has 202 valence electrons. The van der Waals surface area contributed by atoms with E-state index in [-0.39, 0.29) is 6.09 Å². The number of aromatic nitrogens is 5. The summed E-state index contributed by atoms with van der Waals surface area (Å²) in [6.07, 6.45) is 6.44. The van der Waals surface area contributed by atoms with Crippen molar-refractivity contribution in [3.63, 3.8) is 0 Å². The van der Waals surface area contributed by atoms with E-state index in [1.807, 2.05) is 61.8 Å². The first-order chi connectivity index (χ1) is 19.5.